The van der Waals surface area contributed by atoms with Gasteiger partial charge in [-0.25, -0.2) is 0 Å². The first-order chi connectivity index (χ1) is 10.1. The third kappa shape index (κ3) is 1.78. The molecule has 3 nitrogen and oxygen atoms in total. The normalized spacial score (nSPS) is 47.5. The highest BCUT2D eigenvalue weighted by molar-refractivity contribution is 6.08. The van der Waals surface area contributed by atoms with E-state index in [1.807, 2.05) is 26.8 Å². The predicted molar refractivity (Wildman–Crippen MR) is 86.2 cm³/mol. The fourth-order valence-electron chi connectivity index (χ4n) is 5.17. The van der Waals surface area contributed by atoms with Gasteiger partial charge in [-0.05, 0) is 63.4 Å². The van der Waals surface area contributed by atoms with Gasteiger partial charge in [-0.3, -0.25) is 4.79 Å². The Bertz CT molecular complexity index is 579. The Hall–Kier alpha value is -0.930. The summed E-state index contributed by atoms with van der Waals surface area (Å²) in [6.07, 6.45) is 4.85. The number of ketones is 1. The van der Waals surface area contributed by atoms with Gasteiger partial charge in [0, 0.05) is 11.5 Å². The Labute approximate surface area is 133 Å². The Morgan fingerprint density at radius 2 is 1.86 bits per heavy atom. The number of hydrogen-bond donors (Lipinski definition) is 2. The van der Waals surface area contributed by atoms with E-state index in [4.69, 9.17) is 0 Å². The molecule has 3 rings (SSSR count). The maximum Gasteiger partial charge on any atom is 0.193 e. The summed E-state index contributed by atoms with van der Waals surface area (Å²) in [7, 11) is 0. The number of allylic oxidation sites excluding steroid dienone is 1. The summed E-state index contributed by atoms with van der Waals surface area (Å²) in [4.78, 5) is 12.9. The molecule has 2 N–H and O–H groups in total. The third-order valence-corrected chi connectivity index (χ3v) is 6.29. The van der Waals surface area contributed by atoms with Gasteiger partial charge in [-0.2, -0.15) is 0 Å². The molecule has 1 fully saturated rings. The van der Waals surface area contributed by atoms with Gasteiger partial charge in [0.05, 0.1) is 0 Å². The lowest BCUT2D eigenvalue weighted by molar-refractivity contribution is -0.165. The van der Waals surface area contributed by atoms with Gasteiger partial charge in [-0.1, -0.05) is 25.5 Å². The standard InChI is InChI=1S/C19H28O3/c1-10(2)8-13-9-12(4)14-7-6-11(3)15-16(14)19(13,22)18(5,21)17(15)20/h8,11-14,21-22H,6-7,9H2,1-5H3/t11-,12-,13+,14+,18+,19+/m0/s1. The van der Waals surface area contributed by atoms with E-state index in [1.165, 1.54) is 6.92 Å². The van der Waals surface area contributed by atoms with Crippen LogP contribution in [0.4, 0.5) is 0 Å². The SMILES string of the molecule is CC(C)=C[C@@H]1C[C@H](C)[C@H]2CC[C@H](C)C3=C2[C@@]1(O)[C@](C)(O)C3=O. The van der Waals surface area contributed by atoms with Crippen molar-refractivity contribution in [2.45, 2.75) is 65.1 Å². The third-order valence-electron chi connectivity index (χ3n) is 6.29. The maximum absolute atomic E-state index is 12.9. The van der Waals surface area contributed by atoms with Crippen LogP contribution in [0.25, 0.3) is 0 Å². The van der Waals surface area contributed by atoms with Crippen molar-refractivity contribution in [1.29, 1.82) is 0 Å². The average Bonchev–Trinajstić information content (AvgIpc) is 2.57. The summed E-state index contributed by atoms with van der Waals surface area (Å²) in [5, 5.41) is 22.6. The van der Waals surface area contributed by atoms with E-state index in [0.29, 0.717) is 5.92 Å². The molecule has 0 aromatic rings. The average molecular weight is 304 g/mol. The molecule has 0 aromatic heterocycles. The Morgan fingerprint density at radius 3 is 2.45 bits per heavy atom. The van der Waals surface area contributed by atoms with Crippen molar-refractivity contribution in [3.63, 3.8) is 0 Å². The van der Waals surface area contributed by atoms with E-state index in [2.05, 4.69) is 6.92 Å². The topological polar surface area (TPSA) is 57.5 Å². The van der Waals surface area contributed by atoms with Gasteiger partial charge in [-0.15, -0.1) is 0 Å². The molecule has 0 aliphatic heterocycles. The number of carbonyl (C=O) groups excluding carboxylic acids is 1. The first-order valence-corrected chi connectivity index (χ1v) is 8.51. The van der Waals surface area contributed by atoms with Crippen LogP contribution >= 0.6 is 0 Å². The van der Waals surface area contributed by atoms with Crippen molar-refractivity contribution in [1.82, 2.24) is 0 Å². The fourth-order valence-corrected chi connectivity index (χ4v) is 5.17. The van der Waals surface area contributed by atoms with Crippen molar-refractivity contribution >= 4 is 5.78 Å². The first kappa shape index (κ1) is 15.9. The second-order valence-corrected chi connectivity index (χ2v) is 8.14. The highest BCUT2D eigenvalue weighted by Crippen LogP contribution is 2.60. The summed E-state index contributed by atoms with van der Waals surface area (Å²) < 4.78 is 0. The number of hydrogen-bond acceptors (Lipinski definition) is 3. The molecule has 0 aromatic carbocycles. The summed E-state index contributed by atoms with van der Waals surface area (Å²) >= 11 is 0. The van der Waals surface area contributed by atoms with E-state index in [9.17, 15) is 15.0 Å². The zero-order valence-corrected chi connectivity index (χ0v) is 14.3. The monoisotopic (exact) mass is 304 g/mol. The van der Waals surface area contributed by atoms with Crippen molar-refractivity contribution in [2.24, 2.45) is 23.7 Å². The van der Waals surface area contributed by atoms with Crippen LogP contribution in [-0.4, -0.2) is 27.2 Å². The second kappa shape index (κ2) is 4.78. The molecule has 0 unspecified atom stereocenters. The minimum atomic E-state index is -1.70. The first-order valence-electron chi connectivity index (χ1n) is 8.51. The minimum absolute atomic E-state index is 0.136. The van der Waals surface area contributed by atoms with Gasteiger partial charge < -0.3 is 10.2 Å². The van der Waals surface area contributed by atoms with E-state index in [-0.39, 0.29) is 23.5 Å². The van der Waals surface area contributed by atoms with Crippen molar-refractivity contribution in [3.05, 3.63) is 22.8 Å². The molecule has 22 heavy (non-hydrogen) atoms. The Kier molecular flexibility index (Phi) is 3.47. The number of rotatable bonds is 1. The summed E-state index contributed by atoms with van der Waals surface area (Å²) in [6.45, 7) is 9.79. The molecule has 3 aliphatic carbocycles. The smallest absolute Gasteiger partial charge is 0.193 e. The van der Waals surface area contributed by atoms with Crippen LogP contribution in [0, 0.1) is 23.7 Å². The fraction of sp³-hybridized carbons (Fsp3) is 0.737. The molecule has 3 aliphatic rings. The molecule has 0 bridgehead atoms. The molecular formula is C19H28O3. The van der Waals surface area contributed by atoms with Crippen molar-refractivity contribution in [3.8, 4) is 0 Å². The molecule has 0 saturated heterocycles. The van der Waals surface area contributed by atoms with Crippen LogP contribution in [0.5, 0.6) is 0 Å². The number of aliphatic hydroxyl groups is 2. The molecular weight excluding hydrogens is 276 g/mol. The zero-order chi connectivity index (χ0) is 16.4. The minimum Gasteiger partial charge on any atom is -0.381 e. The zero-order valence-electron chi connectivity index (χ0n) is 14.3. The molecule has 6 atom stereocenters. The van der Waals surface area contributed by atoms with Gasteiger partial charge >= 0.3 is 0 Å². The quantitative estimate of drug-likeness (QED) is 0.732. The van der Waals surface area contributed by atoms with Crippen LogP contribution in [0.3, 0.4) is 0 Å². The lowest BCUT2D eigenvalue weighted by Crippen LogP contribution is -2.61. The Morgan fingerprint density at radius 1 is 1.23 bits per heavy atom. The molecule has 0 amide bonds. The lowest BCUT2D eigenvalue weighted by atomic mass is 9.57. The van der Waals surface area contributed by atoms with E-state index < -0.39 is 11.2 Å². The van der Waals surface area contributed by atoms with Gasteiger partial charge in [0.2, 0.25) is 0 Å². The van der Waals surface area contributed by atoms with Crippen LogP contribution in [0.1, 0.15) is 53.9 Å². The van der Waals surface area contributed by atoms with E-state index in [1.54, 1.807) is 0 Å². The summed E-state index contributed by atoms with van der Waals surface area (Å²) in [5.41, 5.74) is -0.427. The van der Waals surface area contributed by atoms with Gasteiger partial charge in [0.25, 0.3) is 0 Å². The molecule has 122 valence electrons. The highest BCUT2D eigenvalue weighted by atomic mass is 16.4. The van der Waals surface area contributed by atoms with Crippen LogP contribution in [0.2, 0.25) is 0 Å². The van der Waals surface area contributed by atoms with E-state index in [0.717, 1.165) is 36.0 Å². The summed E-state index contributed by atoms with van der Waals surface area (Å²) in [5.74, 6) is 0.358. The van der Waals surface area contributed by atoms with Gasteiger partial charge in [0.15, 0.2) is 11.4 Å². The molecule has 1 saturated carbocycles. The van der Waals surface area contributed by atoms with Gasteiger partial charge in [0.1, 0.15) is 5.60 Å². The van der Waals surface area contributed by atoms with Crippen molar-refractivity contribution < 1.29 is 15.0 Å². The van der Waals surface area contributed by atoms with Crippen molar-refractivity contribution in [2.75, 3.05) is 0 Å². The second-order valence-electron chi connectivity index (χ2n) is 8.14. The molecule has 0 spiro atoms. The maximum atomic E-state index is 12.9. The predicted octanol–water partition coefficient (Wildman–Crippen LogP) is 3.02. The molecule has 0 radical (unpaired) electrons. The number of Topliss-reactive ketones (excluding diaryl/α,β-unsaturated/α-hetero) is 1. The van der Waals surface area contributed by atoms with Crippen LogP contribution < -0.4 is 0 Å². The van der Waals surface area contributed by atoms with E-state index >= 15 is 0 Å². The molecule has 3 heteroatoms. The number of carbonyl (C=O) groups is 1. The largest absolute Gasteiger partial charge is 0.381 e. The van der Waals surface area contributed by atoms with Crippen LogP contribution in [-0.2, 0) is 4.79 Å². The van der Waals surface area contributed by atoms with Crippen LogP contribution in [0.15, 0.2) is 22.8 Å². The lowest BCUT2D eigenvalue weighted by Gasteiger charge is -2.51. The molecule has 0 heterocycles. The Balaban J connectivity index is 2.25. The summed E-state index contributed by atoms with van der Waals surface area (Å²) in [6, 6.07) is 0. The highest BCUT2D eigenvalue weighted by Gasteiger charge is 2.68.